The molecule has 2 nitrogen and oxygen atoms in total. The summed E-state index contributed by atoms with van der Waals surface area (Å²) in [6.07, 6.45) is 0.752. The summed E-state index contributed by atoms with van der Waals surface area (Å²) >= 11 is 0.573. The Balaban J connectivity index is 2.65. The van der Waals surface area contributed by atoms with E-state index in [4.69, 9.17) is 9.47 Å². The molecule has 0 aromatic rings. The van der Waals surface area contributed by atoms with Gasteiger partial charge in [0.25, 0.3) is 0 Å². The first kappa shape index (κ1) is 14.4. The van der Waals surface area contributed by atoms with E-state index in [-0.39, 0.29) is 12.4 Å². The third-order valence-electron chi connectivity index (χ3n) is 3.79. The van der Waals surface area contributed by atoms with Gasteiger partial charge >= 0.3 is 125 Å². The summed E-state index contributed by atoms with van der Waals surface area (Å²) in [5.41, 5.74) is 0. The van der Waals surface area contributed by atoms with Gasteiger partial charge in [0, 0.05) is 0 Å². The van der Waals surface area contributed by atoms with Crippen molar-refractivity contribution in [1.82, 2.24) is 0 Å². The van der Waals surface area contributed by atoms with Crippen LogP contribution in [-0.2, 0) is 9.47 Å². The van der Waals surface area contributed by atoms with Crippen molar-refractivity contribution in [1.29, 1.82) is 0 Å². The van der Waals surface area contributed by atoms with E-state index in [9.17, 15) is 0 Å². The van der Waals surface area contributed by atoms with E-state index in [1.807, 2.05) is 0 Å². The van der Waals surface area contributed by atoms with Crippen LogP contribution in [-0.4, -0.2) is 18.5 Å². The van der Waals surface area contributed by atoms with Gasteiger partial charge in [-0.3, -0.25) is 0 Å². The molecule has 1 aliphatic rings. The molecule has 1 rings (SSSR count). The molecule has 1 aliphatic heterocycles. The van der Waals surface area contributed by atoms with Gasteiger partial charge in [0.05, 0.1) is 0 Å². The summed E-state index contributed by atoms with van der Waals surface area (Å²) in [7, 11) is 0. The van der Waals surface area contributed by atoms with Crippen LogP contribution in [0.2, 0.25) is 1.46 Å². The van der Waals surface area contributed by atoms with Crippen LogP contribution in [0.3, 0.4) is 0 Å². The van der Waals surface area contributed by atoms with Gasteiger partial charge in [0.2, 0.25) is 0 Å². The zero-order valence-electron chi connectivity index (χ0n) is 11.0. The molecule has 3 heteroatoms. The Labute approximate surface area is 123 Å². The molecule has 1 fully saturated rings. The van der Waals surface area contributed by atoms with Gasteiger partial charge in [0.1, 0.15) is 0 Å². The molecule has 0 aliphatic carbocycles. The zero-order chi connectivity index (χ0) is 11.6. The van der Waals surface area contributed by atoms with Crippen LogP contribution in [0.25, 0.3) is 0 Å². The van der Waals surface area contributed by atoms with Crippen molar-refractivity contribution in [2.75, 3.05) is 0 Å². The Morgan fingerprint density at radius 2 is 1.73 bits per heavy atom. The first-order valence-electron chi connectivity index (χ1n) is 6.28. The Kier molecular flexibility index (Phi) is 6.12. The molecule has 0 amide bonds. The van der Waals surface area contributed by atoms with E-state index >= 15 is 0 Å². The standard InChI is InChI=1S/C12H23O2.Ra.H/c1-7(2)13-12-10(5)8(3)9(4)11(6)14-12;;/h7-12H,6H2,1-5H3;;/t8-,9?,10-,11-,12?;;/m1../s1. The predicted molar refractivity (Wildman–Crippen MR) is 58.6 cm³/mol. The number of hydrogen-bond acceptors (Lipinski definition) is 2. The average Bonchev–Trinajstić information content (AvgIpc) is 2.18. The average molecular weight is 426 g/mol. The van der Waals surface area contributed by atoms with Crippen molar-refractivity contribution in [2.24, 2.45) is 17.8 Å². The second-order valence-electron chi connectivity index (χ2n) is 5.21. The molecule has 15 heavy (non-hydrogen) atoms. The van der Waals surface area contributed by atoms with Crippen molar-refractivity contribution in [3.05, 3.63) is 0 Å². The molecule has 0 saturated carbocycles. The maximum absolute atomic E-state index is 6.08. The number of ether oxygens (including phenoxy) is 2. The van der Waals surface area contributed by atoms with Crippen molar-refractivity contribution >= 4 is 0 Å². The van der Waals surface area contributed by atoms with Crippen molar-refractivity contribution in [3.8, 4) is 0 Å². The molecule has 0 spiro atoms. The van der Waals surface area contributed by atoms with Crippen LogP contribution >= 0.6 is 0 Å². The van der Waals surface area contributed by atoms with Gasteiger partial charge in [-0.05, 0) is 0 Å². The van der Waals surface area contributed by atoms with Gasteiger partial charge in [-0.1, -0.05) is 0 Å². The molecule has 2 unspecified atom stereocenters. The van der Waals surface area contributed by atoms with Gasteiger partial charge in [0.15, 0.2) is 0 Å². The van der Waals surface area contributed by atoms with Gasteiger partial charge < -0.3 is 0 Å². The van der Waals surface area contributed by atoms with E-state index in [1.54, 1.807) is 0 Å². The van der Waals surface area contributed by atoms with E-state index < -0.39 is 0 Å². The number of hydrogen-bond donors (Lipinski definition) is 0. The summed E-state index contributed by atoms with van der Waals surface area (Å²) in [5, 5.41) is 0. The number of rotatable bonds is 3. The SMILES string of the molecule is CC(C)OC1O[C@H]([CH2][RaH])C(C)[C@@H](C)[C@H]1C. The summed E-state index contributed by atoms with van der Waals surface area (Å²) in [6, 6.07) is 0. The molecule has 5 atom stereocenters. The third kappa shape index (κ3) is 3.68. The van der Waals surface area contributed by atoms with E-state index in [2.05, 4.69) is 34.6 Å². The van der Waals surface area contributed by atoms with E-state index in [0.717, 1.165) is 0 Å². The Bertz CT molecular complexity index is 194. The summed E-state index contributed by atoms with van der Waals surface area (Å²) in [6.45, 7) is 11.1. The van der Waals surface area contributed by atoms with Gasteiger partial charge in [-0.2, -0.15) is 0 Å². The van der Waals surface area contributed by atoms with Crippen molar-refractivity contribution < 1.29 is 52.3 Å². The summed E-state index contributed by atoms with van der Waals surface area (Å²) in [5.74, 6) is 1.92. The van der Waals surface area contributed by atoms with E-state index in [0.29, 0.717) is 66.7 Å². The molecule has 0 N–H and O–H groups in total. The second kappa shape index (κ2) is 6.36. The Morgan fingerprint density at radius 1 is 1.13 bits per heavy atom. The molecule has 0 bridgehead atoms. The van der Waals surface area contributed by atoms with Crippen LogP contribution in [0.4, 0.5) is 0 Å². The van der Waals surface area contributed by atoms with Crippen molar-refractivity contribution in [3.63, 3.8) is 0 Å². The second-order valence-corrected chi connectivity index (χ2v) is 8.57. The fourth-order valence-corrected chi connectivity index (χ4v) is 6.22. The third-order valence-corrected chi connectivity index (χ3v) is 7.10. The molecule has 1 heterocycles. The van der Waals surface area contributed by atoms with Crippen LogP contribution in [0.15, 0.2) is 0 Å². The molecule has 1 saturated heterocycles. The maximum atomic E-state index is 6.08. The predicted octanol–water partition coefficient (Wildman–Crippen LogP) is 2.74. The molecule has 0 aromatic heterocycles. The minimum absolute atomic E-state index is 0.0239. The summed E-state index contributed by atoms with van der Waals surface area (Å²) in [4.78, 5) is 0. The molecular weight excluding hydrogens is 402 g/mol. The molecule has 0 aromatic carbocycles. The van der Waals surface area contributed by atoms with Crippen LogP contribution < -0.4 is 0 Å². The minimum atomic E-state index is 0.0239. The first-order valence-corrected chi connectivity index (χ1v) is 12.1. The fraction of sp³-hybridized carbons (Fsp3) is 1.00. The normalized spacial score (nSPS) is 42.1. The molecule has 86 valence electrons. The Morgan fingerprint density at radius 3 is 2.20 bits per heavy atom. The van der Waals surface area contributed by atoms with Gasteiger partial charge in [-0.15, -0.1) is 0 Å². The zero-order valence-corrected chi connectivity index (χ0v) is 19.2. The van der Waals surface area contributed by atoms with E-state index in [1.165, 1.54) is 1.46 Å². The monoisotopic (exact) mass is 426 g/mol. The van der Waals surface area contributed by atoms with Crippen LogP contribution in [0.5, 0.6) is 0 Å². The van der Waals surface area contributed by atoms with Crippen LogP contribution in [0.1, 0.15) is 34.6 Å². The molecular formula is C12H24O2Ra. The first-order chi connectivity index (χ1) is 6.97. The molecule has 0 radical (unpaired) electrons. The topological polar surface area (TPSA) is 18.5 Å². The van der Waals surface area contributed by atoms with Gasteiger partial charge in [-0.25, -0.2) is 0 Å². The Hall–Kier alpha value is 1.39. The van der Waals surface area contributed by atoms with Crippen LogP contribution in [0, 0.1) is 60.5 Å². The quantitative estimate of drug-likeness (QED) is 0.691. The summed E-state index contributed by atoms with van der Waals surface area (Å²) < 4.78 is 13.2. The fourth-order valence-electron chi connectivity index (χ4n) is 2.38. The van der Waals surface area contributed by atoms with Crippen molar-refractivity contribution in [2.45, 2.75) is 54.6 Å².